The Hall–Kier alpha value is -6.67. The van der Waals surface area contributed by atoms with Gasteiger partial charge in [0.15, 0.2) is 11.6 Å². The van der Waals surface area contributed by atoms with Crippen LogP contribution in [0.5, 0.6) is 0 Å². The van der Waals surface area contributed by atoms with Crippen molar-refractivity contribution < 1.29 is 140 Å². The molecule has 13 heteroatoms. The molecule has 518 valence electrons. The number of aryl methyl sites for hydroxylation is 6. The largest absolute Gasteiger partial charge is 1.00 e. The molecule has 3 N–H and O–H groups in total. The van der Waals surface area contributed by atoms with Gasteiger partial charge in [-0.1, -0.05) is 267 Å². The van der Waals surface area contributed by atoms with Crippen LogP contribution in [0.4, 0.5) is 11.4 Å². The zero-order chi connectivity index (χ0) is 71.7. The molecule has 10 aromatic rings. The molecule has 10 aromatic carbocycles. The van der Waals surface area contributed by atoms with E-state index in [9.17, 15) is 19.2 Å². The number of unbranched alkanes of at least 4 members (excludes halogenated alkanes) is 1. The van der Waals surface area contributed by atoms with E-state index in [-0.39, 0.29) is 142 Å². The van der Waals surface area contributed by atoms with E-state index >= 15 is 0 Å². The van der Waals surface area contributed by atoms with Crippen molar-refractivity contribution in [2.75, 3.05) is 10.6 Å². The number of anilines is 2. The molecular weight excluding hydrogens is 1340 g/mol. The van der Waals surface area contributed by atoms with E-state index in [0.717, 1.165) is 97.4 Å². The number of rotatable bonds is 21. The Bertz CT molecular complexity index is 4490. The van der Waals surface area contributed by atoms with Gasteiger partial charge in [-0.2, -0.15) is 0 Å². The van der Waals surface area contributed by atoms with Crippen LogP contribution < -0.4 is 113 Å². The number of hydrogen-bond donors (Lipinski definition) is 2. The molecular formula is C89H97K2N2O8S+. The predicted molar refractivity (Wildman–Crippen MR) is 411 cm³/mol. The van der Waals surface area contributed by atoms with Crippen molar-refractivity contribution in [1.82, 2.24) is 0 Å². The first-order chi connectivity index (χ1) is 47.1. The Balaban J connectivity index is 0.000000339. The fraction of sp³-hybridized carbons (Fsp3) is 0.281. The van der Waals surface area contributed by atoms with Gasteiger partial charge in [0.05, 0.1) is 11.8 Å². The van der Waals surface area contributed by atoms with Crippen molar-refractivity contribution in [2.24, 2.45) is 0 Å². The van der Waals surface area contributed by atoms with Gasteiger partial charge in [0.2, 0.25) is 11.8 Å². The quantitative estimate of drug-likeness (QED) is 0.0528. The van der Waals surface area contributed by atoms with Gasteiger partial charge in [-0.3, -0.25) is 19.2 Å². The molecule has 0 radical (unpaired) electrons. The van der Waals surface area contributed by atoms with Gasteiger partial charge >= 0.3 is 113 Å². The number of Topliss-reactive ketones (excluding diaryl/α,β-unsaturated/α-hetero) is 2. The summed E-state index contributed by atoms with van der Waals surface area (Å²) in [5, 5.41) is 6.40. The molecule has 102 heavy (non-hydrogen) atoms. The standard InChI is InChI=1S/C45H49NO2.C44H47NO2.2K.O3S.H2O/c1-8-9-10-42(47)37-13-11-33(12-14-37)29-41(36-17-15-34(16-18-36)35-19-23-39(24-20-35)45(5,6)7)44(48)46-40-25-21-38(22-26-40)43-31(3)27-30(2)28-32(43)4;1-8-9-41(46)36-12-10-32(11-13-36)28-40(35-16-14-33(15-17-35)34-18-22-38(23-19-34)44(5,6)7)43(47)45-39-24-20-37(21-25-39)42-30(3)26-29(2)27-31(42)4;;;1-4(2)3;/h11-28,41H,8-10,29H2,1-7H3,(H,46,48);10-27,40H,8-9,28H2,1-7H3,(H,45,47);;;;1H2/q;;2*+1;;/p-1/t41-;40-;;;;/m11..../s1. The number of carbonyl (C=O) groups is 4. The first-order valence-electron chi connectivity index (χ1n) is 34.5. The first kappa shape index (κ1) is 86.0. The third-order valence-corrected chi connectivity index (χ3v) is 18.3. The van der Waals surface area contributed by atoms with Crippen LogP contribution in [0.3, 0.4) is 0 Å². The third-order valence-electron chi connectivity index (χ3n) is 18.3. The van der Waals surface area contributed by atoms with Crippen LogP contribution in [0.25, 0.3) is 44.5 Å². The van der Waals surface area contributed by atoms with Crippen LogP contribution in [0.1, 0.15) is 187 Å². The van der Waals surface area contributed by atoms with Crippen LogP contribution >= 0.6 is 0 Å². The van der Waals surface area contributed by atoms with Crippen molar-refractivity contribution in [2.45, 2.75) is 165 Å². The Labute approximate surface area is 693 Å². The van der Waals surface area contributed by atoms with E-state index in [1.807, 2.05) is 79.7 Å². The van der Waals surface area contributed by atoms with E-state index in [2.05, 4.69) is 246 Å². The number of nitrogens with one attached hydrogen (secondary N) is 2. The zero-order valence-electron chi connectivity index (χ0n) is 62.6. The summed E-state index contributed by atoms with van der Waals surface area (Å²) in [6.45, 7) is 30.3. The van der Waals surface area contributed by atoms with E-state index in [0.29, 0.717) is 25.7 Å². The molecule has 0 spiro atoms. The molecule has 0 unspecified atom stereocenters. The number of hydrogen-bond acceptors (Lipinski definition) is 8. The van der Waals surface area contributed by atoms with Crippen molar-refractivity contribution in [1.29, 1.82) is 0 Å². The Morgan fingerprint density at radius 2 is 0.647 bits per heavy atom. The van der Waals surface area contributed by atoms with Crippen molar-refractivity contribution in [3.05, 3.63) is 296 Å². The molecule has 0 aliphatic carbocycles. The summed E-state index contributed by atoms with van der Waals surface area (Å²) in [4.78, 5) is 53.1. The SMILES string of the molecule is CCCC(=O)c1ccc(C[C@@H](C(=O)Nc2ccc(-c3c(C)cc(C)cc3C)cc2)c2ccc(-c3ccc(C(C)(C)C)cc3)cc2)cc1.CCCCC(=O)c1ccc(C[C@@H](C(=O)Nc2ccc(-c3c(C)cc(C)cc3C)cc2)c2ccc(-c3ccc(C(C)(C)C)cc3)cc2)cc1.O=S(=O)=O.[K+].[K+].[OH-]. The molecule has 0 fully saturated rings. The van der Waals surface area contributed by atoms with Gasteiger partial charge in [-0.05, 0) is 202 Å². The number of amides is 2. The number of ketones is 2. The van der Waals surface area contributed by atoms with Crippen LogP contribution in [-0.2, 0) is 43.9 Å². The van der Waals surface area contributed by atoms with E-state index in [1.54, 1.807) is 0 Å². The van der Waals surface area contributed by atoms with E-state index in [1.165, 1.54) is 55.6 Å². The zero-order valence-corrected chi connectivity index (χ0v) is 69.7. The van der Waals surface area contributed by atoms with E-state index in [4.69, 9.17) is 12.6 Å². The first-order valence-corrected chi connectivity index (χ1v) is 35.5. The van der Waals surface area contributed by atoms with Gasteiger partial charge in [0, 0.05) is 35.3 Å². The average Bonchev–Trinajstić information content (AvgIpc) is 0.819. The molecule has 0 aromatic heterocycles. The maximum Gasteiger partial charge on any atom is 1.00 e. The second-order valence-electron chi connectivity index (χ2n) is 28.4. The molecule has 2 amide bonds. The minimum atomic E-state index is -3.11. The van der Waals surface area contributed by atoms with Crippen LogP contribution in [-0.4, -0.2) is 41.5 Å². The number of benzene rings is 10. The maximum atomic E-state index is 14.0. The summed E-state index contributed by atoms with van der Waals surface area (Å²) >= 11 is 0. The molecule has 10 rings (SSSR count). The monoisotopic (exact) mass is 1430 g/mol. The summed E-state index contributed by atoms with van der Waals surface area (Å²) < 4.78 is 25.3. The fourth-order valence-electron chi connectivity index (χ4n) is 13.0. The fourth-order valence-corrected chi connectivity index (χ4v) is 13.0. The minimum absolute atomic E-state index is 0. The summed E-state index contributed by atoms with van der Waals surface area (Å²) in [7, 11) is -3.11. The smallest absolute Gasteiger partial charge is 0.870 e. The summed E-state index contributed by atoms with van der Waals surface area (Å²) in [5.41, 5.74) is 26.5. The third kappa shape index (κ3) is 24.5. The molecule has 0 saturated carbocycles. The van der Waals surface area contributed by atoms with Crippen molar-refractivity contribution in [3.8, 4) is 44.5 Å². The van der Waals surface area contributed by atoms with Gasteiger partial charge < -0.3 is 16.1 Å². The summed E-state index contributed by atoms with van der Waals surface area (Å²) in [6, 6.07) is 74.9. The second kappa shape index (κ2) is 40.0. The number of carbonyl (C=O) groups excluding carboxylic acids is 4. The normalized spacial score (nSPS) is 11.5. The molecule has 0 heterocycles. The van der Waals surface area contributed by atoms with Gasteiger partial charge in [0.25, 0.3) is 0 Å². The molecule has 0 bridgehead atoms. The molecule has 0 aliphatic heterocycles. The second-order valence-corrected chi connectivity index (χ2v) is 28.8. The molecule has 0 aliphatic rings. The van der Waals surface area contributed by atoms with Gasteiger partial charge in [-0.15, -0.1) is 12.6 Å². The van der Waals surface area contributed by atoms with Crippen molar-refractivity contribution in [3.63, 3.8) is 0 Å². The predicted octanol–water partition coefficient (Wildman–Crippen LogP) is 15.6. The topological polar surface area (TPSA) is 174 Å². The van der Waals surface area contributed by atoms with Crippen LogP contribution in [0.2, 0.25) is 0 Å². The van der Waals surface area contributed by atoms with Gasteiger partial charge in [0.1, 0.15) is 0 Å². The maximum absolute atomic E-state index is 14.0. The van der Waals surface area contributed by atoms with Gasteiger partial charge in [-0.25, -0.2) is 0 Å². The molecule has 2 atom stereocenters. The summed E-state index contributed by atoms with van der Waals surface area (Å²) in [5.74, 6) is -0.622. The minimum Gasteiger partial charge on any atom is -0.870 e. The molecule has 10 nitrogen and oxygen atoms in total. The van der Waals surface area contributed by atoms with Crippen LogP contribution in [0.15, 0.2) is 218 Å². The summed E-state index contributed by atoms with van der Waals surface area (Å²) in [6.07, 6.45) is 4.86. The Morgan fingerprint density at radius 3 is 0.922 bits per heavy atom. The molecule has 0 saturated heterocycles. The van der Waals surface area contributed by atoms with Crippen LogP contribution in [0, 0.1) is 41.5 Å². The Morgan fingerprint density at radius 1 is 0.373 bits per heavy atom. The average molecular weight is 1430 g/mol. The van der Waals surface area contributed by atoms with E-state index < -0.39 is 22.4 Å². The Kier molecular flexibility index (Phi) is 33.7. The van der Waals surface area contributed by atoms with Crippen molar-refractivity contribution >= 4 is 45.4 Å².